The number of carbonyl (C=O) groups excluding carboxylic acids is 1. The third kappa shape index (κ3) is 8.71. The number of carboxylic acids is 1. The minimum Gasteiger partial charge on any atom is -0.480 e. The van der Waals surface area contributed by atoms with Crippen LogP contribution in [0.3, 0.4) is 0 Å². The van der Waals surface area contributed by atoms with Crippen LogP contribution >= 0.6 is 0 Å². The highest BCUT2D eigenvalue weighted by molar-refractivity contribution is 5.82. The van der Waals surface area contributed by atoms with Crippen molar-refractivity contribution in [3.05, 3.63) is 0 Å². The molecule has 2 amide bonds. The second-order valence-electron chi connectivity index (χ2n) is 5.90. The molecule has 0 rings (SSSR count). The van der Waals surface area contributed by atoms with Crippen molar-refractivity contribution < 1.29 is 19.4 Å². The van der Waals surface area contributed by atoms with Crippen molar-refractivity contribution in [2.45, 2.75) is 26.3 Å². The van der Waals surface area contributed by atoms with Gasteiger partial charge in [0.05, 0.1) is 0 Å². The van der Waals surface area contributed by atoms with Crippen LogP contribution in [0, 0.1) is 5.41 Å². The number of nitrogens with one attached hydrogen (secondary N) is 2. The van der Waals surface area contributed by atoms with Gasteiger partial charge in [-0.1, -0.05) is 13.8 Å². The van der Waals surface area contributed by atoms with Crippen LogP contribution in [0.15, 0.2) is 0 Å². The van der Waals surface area contributed by atoms with Crippen molar-refractivity contribution in [3.63, 3.8) is 0 Å². The Balaban J connectivity index is 4.22. The molecule has 0 radical (unpaired) electrons. The molecule has 0 saturated carbocycles. The van der Waals surface area contributed by atoms with Crippen LogP contribution in [0.1, 0.15) is 20.3 Å². The van der Waals surface area contributed by atoms with E-state index in [-0.39, 0.29) is 18.4 Å². The molecule has 0 heterocycles. The summed E-state index contributed by atoms with van der Waals surface area (Å²) in [5.41, 5.74) is -0.0912. The lowest BCUT2D eigenvalue weighted by Crippen LogP contribution is -2.49. The minimum atomic E-state index is -1.07. The van der Waals surface area contributed by atoms with E-state index in [4.69, 9.17) is 9.84 Å². The summed E-state index contributed by atoms with van der Waals surface area (Å²) in [5, 5.41) is 14.1. The molecule has 0 bridgehead atoms. The maximum Gasteiger partial charge on any atom is 0.326 e. The molecule has 0 aliphatic rings. The summed E-state index contributed by atoms with van der Waals surface area (Å²) in [4.78, 5) is 24.7. The fourth-order valence-corrected chi connectivity index (χ4v) is 1.93. The molecule has 20 heavy (non-hydrogen) atoms. The van der Waals surface area contributed by atoms with Crippen LogP contribution in [0.25, 0.3) is 0 Å². The van der Waals surface area contributed by atoms with Crippen molar-refractivity contribution in [1.29, 1.82) is 0 Å². The molecular weight excluding hydrogens is 262 g/mol. The molecule has 3 N–H and O–H groups in total. The quantitative estimate of drug-likeness (QED) is 0.570. The lowest BCUT2D eigenvalue weighted by atomic mass is 9.93. The Hall–Kier alpha value is -1.34. The van der Waals surface area contributed by atoms with Gasteiger partial charge in [-0.25, -0.2) is 9.59 Å². The summed E-state index contributed by atoms with van der Waals surface area (Å²) in [7, 11) is 5.42. The summed E-state index contributed by atoms with van der Waals surface area (Å²) >= 11 is 0. The van der Waals surface area contributed by atoms with E-state index in [0.717, 1.165) is 6.54 Å². The number of ether oxygens (including phenoxy) is 1. The molecule has 7 nitrogen and oxygen atoms in total. The largest absolute Gasteiger partial charge is 0.480 e. The summed E-state index contributed by atoms with van der Waals surface area (Å²) in [6.07, 6.45) is 0.236. The van der Waals surface area contributed by atoms with Crippen LogP contribution in [-0.2, 0) is 9.53 Å². The zero-order valence-corrected chi connectivity index (χ0v) is 13.0. The number of urea groups is 1. The number of aliphatic carboxylic acids is 1. The Morgan fingerprint density at radius 3 is 2.40 bits per heavy atom. The minimum absolute atomic E-state index is 0.0912. The lowest BCUT2D eigenvalue weighted by Gasteiger charge is -2.28. The van der Waals surface area contributed by atoms with E-state index in [1.165, 1.54) is 7.11 Å². The van der Waals surface area contributed by atoms with Gasteiger partial charge in [-0.2, -0.15) is 0 Å². The van der Waals surface area contributed by atoms with Crippen LogP contribution in [0.4, 0.5) is 4.79 Å². The van der Waals surface area contributed by atoms with Crippen LogP contribution in [0.2, 0.25) is 0 Å². The van der Waals surface area contributed by atoms with E-state index < -0.39 is 18.0 Å². The highest BCUT2D eigenvalue weighted by atomic mass is 16.5. The molecule has 0 spiro atoms. The molecule has 7 heteroatoms. The number of methoxy groups -OCH3 is 1. The molecule has 0 aromatic rings. The second-order valence-corrected chi connectivity index (χ2v) is 5.90. The average molecular weight is 289 g/mol. The molecule has 0 saturated heterocycles. The monoisotopic (exact) mass is 289 g/mol. The number of hydrogen-bond acceptors (Lipinski definition) is 4. The molecule has 0 aromatic carbocycles. The van der Waals surface area contributed by atoms with Gasteiger partial charge in [-0.15, -0.1) is 0 Å². The van der Waals surface area contributed by atoms with E-state index in [1.54, 1.807) is 0 Å². The SMILES string of the molecule is COCCC(NC(=O)NCC(C)(C)CN(C)C)C(=O)O. The number of carboxylic acid groups (broad SMARTS) is 1. The normalized spacial score (nSPS) is 13.1. The zero-order valence-electron chi connectivity index (χ0n) is 13.0. The molecule has 0 fully saturated rings. The maximum atomic E-state index is 11.7. The van der Waals surface area contributed by atoms with E-state index in [1.807, 2.05) is 32.8 Å². The van der Waals surface area contributed by atoms with E-state index in [0.29, 0.717) is 6.54 Å². The van der Waals surface area contributed by atoms with Crippen LogP contribution < -0.4 is 10.6 Å². The molecule has 1 atom stereocenters. The number of amides is 2. The molecule has 0 aliphatic carbocycles. The summed E-state index contributed by atoms with van der Waals surface area (Å²) in [5.74, 6) is -1.07. The van der Waals surface area contributed by atoms with Gasteiger partial charge in [0.15, 0.2) is 0 Å². The van der Waals surface area contributed by atoms with Gasteiger partial charge in [0.2, 0.25) is 0 Å². The Labute approximate surface area is 120 Å². The smallest absolute Gasteiger partial charge is 0.326 e. The van der Waals surface area contributed by atoms with Gasteiger partial charge < -0.3 is 25.4 Å². The van der Waals surface area contributed by atoms with Crippen molar-refractivity contribution in [2.24, 2.45) is 5.41 Å². The Morgan fingerprint density at radius 2 is 1.95 bits per heavy atom. The standard InChI is InChI=1S/C13H27N3O4/c1-13(2,9-16(3)4)8-14-12(19)15-10(11(17)18)6-7-20-5/h10H,6-9H2,1-5H3,(H,17,18)(H2,14,15,19). The van der Waals surface area contributed by atoms with Crippen molar-refractivity contribution in [2.75, 3.05) is 40.9 Å². The van der Waals surface area contributed by atoms with E-state index in [2.05, 4.69) is 10.6 Å². The average Bonchev–Trinajstić information content (AvgIpc) is 2.30. The first-order valence-electron chi connectivity index (χ1n) is 6.59. The van der Waals surface area contributed by atoms with Gasteiger partial charge in [0.1, 0.15) is 6.04 Å². The second kappa shape index (κ2) is 8.76. The van der Waals surface area contributed by atoms with Crippen molar-refractivity contribution in [1.82, 2.24) is 15.5 Å². The van der Waals surface area contributed by atoms with Crippen molar-refractivity contribution in [3.8, 4) is 0 Å². The van der Waals surface area contributed by atoms with Crippen LogP contribution in [-0.4, -0.2) is 69.0 Å². The first-order valence-corrected chi connectivity index (χ1v) is 6.59. The predicted molar refractivity (Wildman–Crippen MR) is 76.8 cm³/mol. The van der Waals surface area contributed by atoms with Gasteiger partial charge in [-0.3, -0.25) is 0 Å². The summed E-state index contributed by atoms with van der Waals surface area (Å²) in [6.45, 7) is 5.63. The Kier molecular flexibility index (Phi) is 8.17. The van der Waals surface area contributed by atoms with Crippen LogP contribution in [0.5, 0.6) is 0 Å². The third-order valence-electron chi connectivity index (χ3n) is 2.69. The Morgan fingerprint density at radius 1 is 1.35 bits per heavy atom. The third-order valence-corrected chi connectivity index (χ3v) is 2.69. The highest BCUT2D eigenvalue weighted by Gasteiger charge is 2.22. The van der Waals surface area contributed by atoms with Crippen molar-refractivity contribution >= 4 is 12.0 Å². The molecular formula is C13H27N3O4. The number of carbonyl (C=O) groups is 2. The fourth-order valence-electron chi connectivity index (χ4n) is 1.93. The molecule has 118 valence electrons. The van der Waals surface area contributed by atoms with E-state index >= 15 is 0 Å². The maximum absolute atomic E-state index is 11.7. The van der Waals surface area contributed by atoms with Gasteiger partial charge in [0, 0.05) is 33.2 Å². The fraction of sp³-hybridized carbons (Fsp3) is 0.846. The molecule has 0 aromatic heterocycles. The summed E-state index contributed by atoms with van der Waals surface area (Å²) < 4.78 is 4.82. The molecule has 0 aliphatic heterocycles. The Bertz CT molecular complexity index is 319. The van der Waals surface area contributed by atoms with Gasteiger partial charge in [0.25, 0.3) is 0 Å². The topological polar surface area (TPSA) is 90.9 Å². The number of hydrogen-bond donors (Lipinski definition) is 3. The zero-order chi connectivity index (χ0) is 15.8. The lowest BCUT2D eigenvalue weighted by molar-refractivity contribution is -0.139. The highest BCUT2D eigenvalue weighted by Crippen LogP contribution is 2.13. The number of rotatable bonds is 9. The van der Waals surface area contributed by atoms with Gasteiger partial charge in [-0.05, 0) is 19.5 Å². The number of nitrogens with zero attached hydrogens (tertiary/aromatic N) is 1. The van der Waals surface area contributed by atoms with E-state index in [9.17, 15) is 9.59 Å². The summed E-state index contributed by atoms with van der Waals surface area (Å²) in [6, 6.07) is -1.41. The first kappa shape index (κ1) is 18.7. The first-order chi connectivity index (χ1) is 9.18. The van der Waals surface area contributed by atoms with Gasteiger partial charge >= 0.3 is 12.0 Å². The molecule has 1 unspecified atom stereocenters. The predicted octanol–water partition coefficient (Wildman–Crippen LogP) is 0.363.